The molecular formula is C18H22N4. The topological polar surface area (TPSA) is 44.8 Å². The highest BCUT2D eigenvalue weighted by Crippen LogP contribution is 2.16. The molecule has 3 aromatic rings. The highest BCUT2D eigenvalue weighted by molar-refractivity contribution is 5.74. The van der Waals surface area contributed by atoms with E-state index in [1.165, 1.54) is 5.56 Å². The number of imidazole rings is 1. The molecule has 0 saturated heterocycles. The zero-order valence-corrected chi connectivity index (χ0v) is 13.2. The van der Waals surface area contributed by atoms with Crippen molar-refractivity contribution >= 4 is 11.0 Å². The highest BCUT2D eigenvalue weighted by Gasteiger charge is 2.15. The van der Waals surface area contributed by atoms with E-state index in [-0.39, 0.29) is 0 Å². The molecule has 1 unspecified atom stereocenters. The Balaban J connectivity index is 1.80. The number of nitrogens with zero attached hydrogens (tertiary/aromatic N) is 3. The van der Waals surface area contributed by atoms with E-state index in [2.05, 4.69) is 40.8 Å². The molecule has 4 nitrogen and oxygen atoms in total. The molecule has 0 bridgehead atoms. The van der Waals surface area contributed by atoms with Crippen LogP contribution >= 0.6 is 0 Å². The molecule has 3 rings (SSSR count). The zero-order valence-electron chi connectivity index (χ0n) is 13.2. The SMILES string of the molecule is CCC(C)N(Cc1cccnc1)Cc1nc2ccccc2[nH]1. The Kier molecular flexibility index (Phi) is 4.49. The van der Waals surface area contributed by atoms with E-state index in [0.717, 1.165) is 36.4 Å². The molecule has 0 aliphatic rings. The summed E-state index contributed by atoms with van der Waals surface area (Å²) in [6, 6.07) is 12.8. The van der Waals surface area contributed by atoms with Gasteiger partial charge in [-0.2, -0.15) is 0 Å². The molecule has 1 N–H and O–H groups in total. The van der Waals surface area contributed by atoms with Crippen molar-refractivity contribution in [2.75, 3.05) is 0 Å². The number of pyridine rings is 1. The van der Waals surface area contributed by atoms with Crippen LogP contribution in [0.5, 0.6) is 0 Å². The highest BCUT2D eigenvalue weighted by atomic mass is 15.2. The van der Waals surface area contributed by atoms with Gasteiger partial charge >= 0.3 is 0 Å². The summed E-state index contributed by atoms with van der Waals surface area (Å²) in [6.45, 7) is 6.19. The fraction of sp³-hybridized carbons (Fsp3) is 0.333. The van der Waals surface area contributed by atoms with Crippen LogP contribution in [0, 0.1) is 0 Å². The van der Waals surface area contributed by atoms with E-state index in [1.54, 1.807) is 0 Å². The molecule has 4 heteroatoms. The minimum atomic E-state index is 0.494. The van der Waals surface area contributed by atoms with Crippen LogP contribution in [-0.4, -0.2) is 25.9 Å². The molecule has 0 aliphatic heterocycles. The number of benzene rings is 1. The van der Waals surface area contributed by atoms with Gasteiger partial charge in [-0.3, -0.25) is 9.88 Å². The molecule has 0 amide bonds. The van der Waals surface area contributed by atoms with Gasteiger partial charge in [0.2, 0.25) is 0 Å². The van der Waals surface area contributed by atoms with E-state index in [4.69, 9.17) is 4.98 Å². The van der Waals surface area contributed by atoms with Crippen LogP contribution in [0.3, 0.4) is 0 Å². The summed E-state index contributed by atoms with van der Waals surface area (Å²) < 4.78 is 0. The minimum absolute atomic E-state index is 0.494. The van der Waals surface area contributed by atoms with Gasteiger partial charge in [0.05, 0.1) is 17.6 Å². The normalized spacial score (nSPS) is 12.9. The largest absolute Gasteiger partial charge is 0.341 e. The lowest BCUT2D eigenvalue weighted by atomic mass is 10.2. The van der Waals surface area contributed by atoms with Crippen molar-refractivity contribution in [2.24, 2.45) is 0 Å². The summed E-state index contributed by atoms with van der Waals surface area (Å²) in [7, 11) is 0. The van der Waals surface area contributed by atoms with Gasteiger partial charge in [0.25, 0.3) is 0 Å². The van der Waals surface area contributed by atoms with Crippen molar-refractivity contribution in [2.45, 2.75) is 39.4 Å². The molecule has 2 heterocycles. The maximum absolute atomic E-state index is 4.70. The first-order valence-electron chi connectivity index (χ1n) is 7.83. The quantitative estimate of drug-likeness (QED) is 0.753. The Hall–Kier alpha value is -2.20. The van der Waals surface area contributed by atoms with Crippen molar-refractivity contribution in [1.82, 2.24) is 19.9 Å². The molecular weight excluding hydrogens is 272 g/mol. The number of aromatic amines is 1. The third kappa shape index (κ3) is 3.34. The van der Waals surface area contributed by atoms with E-state index in [0.29, 0.717) is 6.04 Å². The Bertz CT molecular complexity index is 687. The molecule has 114 valence electrons. The smallest absolute Gasteiger partial charge is 0.121 e. The lowest BCUT2D eigenvalue weighted by Crippen LogP contribution is -2.32. The average Bonchev–Trinajstić information content (AvgIpc) is 2.97. The number of rotatable bonds is 6. The first kappa shape index (κ1) is 14.7. The first-order chi connectivity index (χ1) is 10.8. The van der Waals surface area contributed by atoms with Crippen molar-refractivity contribution in [3.63, 3.8) is 0 Å². The molecule has 0 saturated carbocycles. The Morgan fingerprint density at radius 1 is 1.14 bits per heavy atom. The Morgan fingerprint density at radius 2 is 2.00 bits per heavy atom. The van der Waals surface area contributed by atoms with Gasteiger partial charge in [-0.1, -0.05) is 25.1 Å². The van der Waals surface area contributed by atoms with Crippen molar-refractivity contribution in [3.8, 4) is 0 Å². The van der Waals surface area contributed by atoms with Gasteiger partial charge in [0.15, 0.2) is 0 Å². The lowest BCUT2D eigenvalue weighted by molar-refractivity contribution is 0.182. The standard InChI is InChI=1S/C18H22N4/c1-3-14(2)22(12-15-7-6-10-19-11-15)13-18-20-16-8-4-5-9-17(16)21-18/h4-11,14H,3,12-13H2,1-2H3,(H,20,21). The van der Waals surface area contributed by atoms with Gasteiger partial charge in [0, 0.05) is 25.0 Å². The van der Waals surface area contributed by atoms with Gasteiger partial charge in [-0.15, -0.1) is 0 Å². The molecule has 1 aromatic carbocycles. The second kappa shape index (κ2) is 6.71. The molecule has 1 atom stereocenters. The Labute approximate surface area is 131 Å². The van der Waals surface area contributed by atoms with Crippen molar-refractivity contribution in [3.05, 3.63) is 60.2 Å². The average molecular weight is 294 g/mol. The van der Waals surface area contributed by atoms with Crippen LogP contribution in [0.1, 0.15) is 31.7 Å². The second-order valence-electron chi connectivity index (χ2n) is 5.72. The third-order valence-corrected chi connectivity index (χ3v) is 4.11. The minimum Gasteiger partial charge on any atom is -0.341 e. The number of para-hydroxylation sites is 2. The van der Waals surface area contributed by atoms with E-state index in [9.17, 15) is 0 Å². The van der Waals surface area contributed by atoms with Gasteiger partial charge in [-0.05, 0) is 37.1 Å². The van der Waals surface area contributed by atoms with Crippen molar-refractivity contribution in [1.29, 1.82) is 0 Å². The summed E-state index contributed by atoms with van der Waals surface area (Å²) in [5.41, 5.74) is 3.37. The molecule has 0 aliphatic carbocycles. The number of aromatic nitrogens is 3. The monoisotopic (exact) mass is 294 g/mol. The van der Waals surface area contributed by atoms with Gasteiger partial charge in [-0.25, -0.2) is 4.98 Å². The maximum atomic E-state index is 4.70. The third-order valence-electron chi connectivity index (χ3n) is 4.11. The summed E-state index contributed by atoms with van der Waals surface area (Å²) in [6.07, 6.45) is 4.87. The summed E-state index contributed by atoms with van der Waals surface area (Å²) >= 11 is 0. The fourth-order valence-corrected chi connectivity index (χ4v) is 2.62. The Morgan fingerprint density at radius 3 is 2.73 bits per heavy atom. The van der Waals surface area contributed by atoms with E-state index < -0.39 is 0 Å². The van der Waals surface area contributed by atoms with Crippen molar-refractivity contribution < 1.29 is 0 Å². The predicted octanol–water partition coefficient (Wildman–Crippen LogP) is 3.76. The van der Waals surface area contributed by atoms with Crippen LogP contribution in [-0.2, 0) is 13.1 Å². The summed E-state index contributed by atoms with van der Waals surface area (Å²) in [5, 5.41) is 0. The van der Waals surface area contributed by atoms with E-state index in [1.807, 2.05) is 36.7 Å². The van der Waals surface area contributed by atoms with Crippen LogP contribution in [0.2, 0.25) is 0 Å². The fourth-order valence-electron chi connectivity index (χ4n) is 2.62. The number of hydrogen-bond acceptors (Lipinski definition) is 3. The predicted molar refractivity (Wildman–Crippen MR) is 89.3 cm³/mol. The number of hydrogen-bond donors (Lipinski definition) is 1. The molecule has 0 radical (unpaired) electrons. The number of H-pyrrole nitrogens is 1. The maximum Gasteiger partial charge on any atom is 0.121 e. The van der Waals surface area contributed by atoms with Gasteiger partial charge < -0.3 is 4.98 Å². The first-order valence-corrected chi connectivity index (χ1v) is 7.83. The second-order valence-corrected chi connectivity index (χ2v) is 5.72. The summed E-state index contributed by atoms with van der Waals surface area (Å²) in [5.74, 6) is 1.02. The molecule has 22 heavy (non-hydrogen) atoms. The number of nitrogens with one attached hydrogen (secondary N) is 1. The molecule has 2 aromatic heterocycles. The zero-order chi connectivity index (χ0) is 15.4. The van der Waals surface area contributed by atoms with Crippen LogP contribution in [0.15, 0.2) is 48.8 Å². The lowest BCUT2D eigenvalue weighted by Gasteiger charge is -2.27. The molecule has 0 fully saturated rings. The van der Waals surface area contributed by atoms with Crippen LogP contribution < -0.4 is 0 Å². The van der Waals surface area contributed by atoms with Crippen LogP contribution in [0.25, 0.3) is 11.0 Å². The van der Waals surface area contributed by atoms with Gasteiger partial charge in [0.1, 0.15) is 5.82 Å². The van der Waals surface area contributed by atoms with E-state index >= 15 is 0 Å². The van der Waals surface area contributed by atoms with Crippen LogP contribution in [0.4, 0.5) is 0 Å². The number of fused-ring (bicyclic) bond motifs is 1. The molecule has 0 spiro atoms. The summed E-state index contributed by atoms with van der Waals surface area (Å²) in [4.78, 5) is 14.8.